The van der Waals surface area contributed by atoms with Gasteiger partial charge in [0.1, 0.15) is 0 Å². The Morgan fingerprint density at radius 2 is 2.26 bits per heavy atom. The number of carbonyl (C=O) groups is 1. The van der Waals surface area contributed by atoms with Crippen LogP contribution in [-0.4, -0.2) is 18.6 Å². The molecule has 2 rings (SSSR count). The maximum atomic E-state index is 12.1. The lowest BCUT2D eigenvalue weighted by atomic mass is 9.98. The van der Waals surface area contributed by atoms with E-state index in [1.54, 1.807) is 0 Å². The molecule has 1 amide bonds. The normalized spacial score (nSPS) is 20.3. The molecule has 1 fully saturated rings. The molecule has 1 heterocycles. The van der Waals surface area contributed by atoms with Gasteiger partial charge in [0.2, 0.25) is 5.91 Å². The van der Waals surface area contributed by atoms with Crippen molar-refractivity contribution in [3.05, 3.63) is 29.3 Å². The van der Waals surface area contributed by atoms with Gasteiger partial charge in [-0.15, -0.1) is 0 Å². The number of rotatable bonds is 4. The van der Waals surface area contributed by atoms with E-state index in [4.69, 9.17) is 4.74 Å². The van der Waals surface area contributed by atoms with Gasteiger partial charge in [-0.3, -0.25) is 4.79 Å². The number of hydrogen-bond acceptors (Lipinski definition) is 2. The maximum Gasteiger partial charge on any atom is 0.224 e. The third-order valence-corrected chi connectivity index (χ3v) is 3.77. The summed E-state index contributed by atoms with van der Waals surface area (Å²) >= 11 is 0. The molecule has 0 radical (unpaired) electrons. The van der Waals surface area contributed by atoms with Crippen LogP contribution in [0.1, 0.15) is 37.3 Å². The van der Waals surface area contributed by atoms with Gasteiger partial charge in [0.15, 0.2) is 0 Å². The fraction of sp³-hybridized carbons (Fsp3) is 0.562. The SMILES string of the molecule is Cc1ccc(C)c(NC(=O)C[C@@H](C)[C@@H]2CCCO2)c1. The second kappa shape index (κ2) is 6.20. The van der Waals surface area contributed by atoms with Crippen molar-refractivity contribution in [1.29, 1.82) is 0 Å². The summed E-state index contributed by atoms with van der Waals surface area (Å²) in [6, 6.07) is 6.11. The van der Waals surface area contributed by atoms with Crippen LogP contribution >= 0.6 is 0 Å². The zero-order valence-electron chi connectivity index (χ0n) is 12.0. The van der Waals surface area contributed by atoms with Gasteiger partial charge in [-0.25, -0.2) is 0 Å². The van der Waals surface area contributed by atoms with Crippen molar-refractivity contribution in [2.24, 2.45) is 5.92 Å². The summed E-state index contributed by atoms with van der Waals surface area (Å²) in [5.74, 6) is 0.365. The monoisotopic (exact) mass is 261 g/mol. The van der Waals surface area contributed by atoms with Crippen LogP contribution in [-0.2, 0) is 9.53 Å². The maximum absolute atomic E-state index is 12.1. The van der Waals surface area contributed by atoms with Gasteiger partial charge >= 0.3 is 0 Å². The fourth-order valence-electron chi connectivity index (χ4n) is 2.55. The largest absolute Gasteiger partial charge is 0.378 e. The topological polar surface area (TPSA) is 38.3 Å². The van der Waals surface area contributed by atoms with E-state index in [1.807, 2.05) is 26.0 Å². The molecule has 104 valence electrons. The van der Waals surface area contributed by atoms with E-state index < -0.39 is 0 Å². The summed E-state index contributed by atoms with van der Waals surface area (Å²) in [4.78, 5) is 12.1. The Kier molecular flexibility index (Phi) is 4.59. The summed E-state index contributed by atoms with van der Waals surface area (Å²) in [5, 5.41) is 3.01. The highest BCUT2D eigenvalue weighted by molar-refractivity contribution is 5.91. The highest BCUT2D eigenvalue weighted by Crippen LogP contribution is 2.23. The molecule has 0 spiro atoms. The van der Waals surface area contributed by atoms with Crippen molar-refractivity contribution in [1.82, 2.24) is 0 Å². The first-order valence-electron chi connectivity index (χ1n) is 7.05. The third kappa shape index (κ3) is 3.80. The number of carbonyl (C=O) groups excluding carboxylic acids is 1. The molecule has 1 N–H and O–H groups in total. The van der Waals surface area contributed by atoms with Crippen LogP contribution in [0.4, 0.5) is 5.69 Å². The van der Waals surface area contributed by atoms with Crippen molar-refractivity contribution in [2.45, 2.75) is 46.1 Å². The van der Waals surface area contributed by atoms with Crippen LogP contribution in [0.3, 0.4) is 0 Å². The number of amides is 1. The molecule has 2 atom stereocenters. The predicted octanol–water partition coefficient (Wildman–Crippen LogP) is 3.45. The first-order chi connectivity index (χ1) is 9.06. The molecule has 1 saturated heterocycles. The molecule has 0 unspecified atom stereocenters. The van der Waals surface area contributed by atoms with Gasteiger partial charge in [-0.05, 0) is 49.8 Å². The highest BCUT2D eigenvalue weighted by atomic mass is 16.5. The molecule has 1 aromatic carbocycles. The Labute approximate surface area is 115 Å². The van der Waals surface area contributed by atoms with Crippen LogP contribution in [0.25, 0.3) is 0 Å². The minimum atomic E-state index is 0.0803. The van der Waals surface area contributed by atoms with E-state index in [0.29, 0.717) is 6.42 Å². The number of anilines is 1. The molecule has 0 bridgehead atoms. The average molecular weight is 261 g/mol. The molecule has 0 aliphatic carbocycles. The highest BCUT2D eigenvalue weighted by Gasteiger charge is 2.24. The first-order valence-corrected chi connectivity index (χ1v) is 7.05. The third-order valence-electron chi connectivity index (χ3n) is 3.77. The molecule has 0 saturated carbocycles. The van der Waals surface area contributed by atoms with Crippen molar-refractivity contribution >= 4 is 11.6 Å². The van der Waals surface area contributed by atoms with E-state index in [9.17, 15) is 4.79 Å². The molecule has 0 aromatic heterocycles. The number of hydrogen-bond donors (Lipinski definition) is 1. The lowest BCUT2D eigenvalue weighted by Gasteiger charge is -2.18. The van der Waals surface area contributed by atoms with Gasteiger partial charge in [0.05, 0.1) is 6.10 Å². The number of benzene rings is 1. The van der Waals surface area contributed by atoms with Crippen molar-refractivity contribution in [3.8, 4) is 0 Å². The Morgan fingerprint density at radius 3 is 2.95 bits per heavy atom. The number of aryl methyl sites for hydroxylation is 2. The standard InChI is InChI=1S/C16H23NO2/c1-11-6-7-12(2)14(9-11)17-16(18)10-13(3)15-5-4-8-19-15/h6-7,9,13,15H,4-5,8,10H2,1-3H3,(H,17,18)/t13-,15+/m1/s1. The Bertz CT molecular complexity index is 450. The van der Waals surface area contributed by atoms with Gasteiger partial charge in [0.25, 0.3) is 0 Å². The second-order valence-electron chi connectivity index (χ2n) is 5.60. The van der Waals surface area contributed by atoms with E-state index in [2.05, 4.69) is 18.3 Å². The predicted molar refractivity (Wildman–Crippen MR) is 77.3 cm³/mol. The molecular formula is C16H23NO2. The smallest absolute Gasteiger partial charge is 0.224 e. The summed E-state index contributed by atoms with van der Waals surface area (Å²) < 4.78 is 5.63. The summed E-state index contributed by atoms with van der Waals surface area (Å²) in [6.45, 7) is 6.98. The second-order valence-corrected chi connectivity index (χ2v) is 5.60. The Balaban J connectivity index is 1.91. The molecule has 3 heteroatoms. The van der Waals surface area contributed by atoms with Crippen LogP contribution < -0.4 is 5.32 Å². The van der Waals surface area contributed by atoms with E-state index in [1.165, 1.54) is 0 Å². The van der Waals surface area contributed by atoms with Crippen molar-refractivity contribution in [3.63, 3.8) is 0 Å². The summed E-state index contributed by atoms with van der Waals surface area (Å²) in [7, 11) is 0. The number of nitrogens with one attached hydrogen (secondary N) is 1. The first kappa shape index (κ1) is 14.1. The van der Waals surface area contributed by atoms with Gasteiger partial charge in [-0.1, -0.05) is 19.1 Å². The van der Waals surface area contributed by atoms with Crippen molar-refractivity contribution in [2.75, 3.05) is 11.9 Å². The Morgan fingerprint density at radius 1 is 1.47 bits per heavy atom. The van der Waals surface area contributed by atoms with E-state index >= 15 is 0 Å². The molecule has 1 aromatic rings. The zero-order chi connectivity index (χ0) is 13.8. The summed E-state index contributed by atoms with van der Waals surface area (Å²) in [6.07, 6.45) is 2.98. The van der Waals surface area contributed by atoms with Gasteiger partial charge < -0.3 is 10.1 Å². The average Bonchev–Trinajstić information content (AvgIpc) is 2.87. The molecule has 1 aliphatic heterocycles. The van der Waals surface area contributed by atoms with Crippen LogP contribution in [0.15, 0.2) is 18.2 Å². The molecule has 3 nitrogen and oxygen atoms in total. The van der Waals surface area contributed by atoms with Gasteiger partial charge in [0, 0.05) is 18.7 Å². The quantitative estimate of drug-likeness (QED) is 0.901. The Hall–Kier alpha value is -1.35. The van der Waals surface area contributed by atoms with Crippen molar-refractivity contribution < 1.29 is 9.53 Å². The fourth-order valence-corrected chi connectivity index (χ4v) is 2.55. The van der Waals surface area contributed by atoms with E-state index in [-0.39, 0.29) is 17.9 Å². The van der Waals surface area contributed by atoms with Crippen LogP contribution in [0, 0.1) is 19.8 Å². The van der Waals surface area contributed by atoms with Crippen LogP contribution in [0.5, 0.6) is 0 Å². The summed E-state index contributed by atoms with van der Waals surface area (Å²) in [5.41, 5.74) is 3.18. The lowest BCUT2D eigenvalue weighted by Crippen LogP contribution is -2.23. The molecular weight excluding hydrogens is 238 g/mol. The van der Waals surface area contributed by atoms with E-state index in [0.717, 1.165) is 36.3 Å². The minimum Gasteiger partial charge on any atom is -0.378 e. The molecule has 19 heavy (non-hydrogen) atoms. The van der Waals surface area contributed by atoms with Gasteiger partial charge in [-0.2, -0.15) is 0 Å². The molecule has 1 aliphatic rings. The zero-order valence-corrected chi connectivity index (χ0v) is 12.0. The number of ether oxygens (including phenoxy) is 1. The minimum absolute atomic E-state index is 0.0803. The lowest BCUT2D eigenvalue weighted by molar-refractivity contribution is -0.117. The van der Waals surface area contributed by atoms with Crippen LogP contribution in [0.2, 0.25) is 0 Å².